The highest BCUT2D eigenvalue weighted by molar-refractivity contribution is 5.50. The quantitative estimate of drug-likeness (QED) is 0.892. The SMILES string of the molecule is N[C@H](c1cccc2c1OC(F)(F)O2)C1CCCCC1. The number of para-hydroxylation sites is 1. The maximum absolute atomic E-state index is 13.1. The molecule has 0 aromatic heterocycles. The molecule has 5 heteroatoms. The van der Waals surface area contributed by atoms with Gasteiger partial charge in [-0.2, -0.15) is 0 Å². The van der Waals surface area contributed by atoms with Gasteiger partial charge in [0.25, 0.3) is 0 Å². The molecular formula is C14H17F2NO2. The lowest BCUT2D eigenvalue weighted by Crippen LogP contribution is -2.27. The summed E-state index contributed by atoms with van der Waals surface area (Å²) in [6, 6.07) is 4.64. The van der Waals surface area contributed by atoms with Crippen LogP contribution in [0.25, 0.3) is 0 Å². The fourth-order valence-electron chi connectivity index (χ4n) is 3.00. The Hall–Kier alpha value is -1.36. The first-order chi connectivity index (χ1) is 9.07. The minimum atomic E-state index is -3.58. The maximum Gasteiger partial charge on any atom is 0.586 e. The highest BCUT2D eigenvalue weighted by atomic mass is 19.3. The number of alkyl halides is 2. The number of ether oxygens (including phenoxy) is 2. The first kappa shape index (κ1) is 12.7. The normalized spacial score (nSPS) is 23.3. The van der Waals surface area contributed by atoms with Crippen molar-refractivity contribution in [1.29, 1.82) is 0 Å². The summed E-state index contributed by atoms with van der Waals surface area (Å²) in [6.45, 7) is 0. The molecule has 0 bridgehead atoms. The van der Waals surface area contributed by atoms with Gasteiger partial charge in [-0.1, -0.05) is 31.4 Å². The fraction of sp³-hybridized carbons (Fsp3) is 0.571. The zero-order valence-electron chi connectivity index (χ0n) is 10.6. The number of halogens is 2. The van der Waals surface area contributed by atoms with Crippen molar-refractivity contribution < 1.29 is 18.3 Å². The zero-order valence-corrected chi connectivity index (χ0v) is 10.6. The zero-order chi connectivity index (χ0) is 13.5. The van der Waals surface area contributed by atoms with E-state index in [4.69, 9.17) is 5.73 Å². The largest absolute Gasteiger partial charge is 0.586 e. The van der Waals surface area contributed by atoms with Crippen molar-refractivity contribution in [3.63, 3.8) is 0 Å². The number of rotatable bonds is 2. The van der Waals surface area contributed by atoms with Gasteiger partial charge in [-0.05, 0) is 24.8 Å². The highest BCUT2D eigenvalue weighted by Gasteiger charge is 2.45. The van der Waals surface area contributed by atoms with Gasteiger partial charge in [0.2, 0.25) is 0 Å². The van der Waals surface area contributed by atoms with E-state index in [2.05, 4.69) is 9.47 Å². The molecule has 2 N–H and O–H groups in total. The van der Waals surface area contributed by atoms with Crippen molar-refractivity contribution in [3.8, 4) is 11.5 Å². The molecule has 104 valence electrons. The van der Waals surface area contributed by atoms with E-state index < -0.39 is 6.29 Å². The van der Waals surface area contributed by atoms with E-state index in [1.807, 2.05) is 0 Å². The molecule has 1 heterocycles. The van der Waals surface area contributed by atoms with Gasteiger partial charge in [-0.25, -0.2) is 0 Å². The van der Waals surface area contributed by atoms with Gasteiger partial charge < -0.3 is 15.2 Å². The molecule has 0 spiro atoms. The minimum Gasteiger partial charge on any atom is -0.395 e. The Morgan fingerprint density at radius 3 is 2.63 bits per heavy atom. The van der Waals surface area contributed by atoms with Crippen molar-refractivity contribution in [2.75, 3.05) is 0 Å². The van der Waals surface area contributed by atoms with Crippen LogP contribution < -0.4 is 15.2 Å². The number of nitrogens with two attached hydrogens (primary N) is 1. The highest BCUT2D eigenvalue weighted by Crippen LogP contribution is 2.47. The van der Waals surface area contributed by atoms with Crippen LogP contribution in [0.1, 0.15) is 43.7 Å². The van der Waals surface area contributed by atoms with Crippen LogP contribution >= 0.6 is 0 Å². The van der Waals surface area contributed by atoms with Crippen molar-refractivity contribution in [1.82, 2.24) is 0 Å². The van der Waals surface area contributed by atoms with E-state index in [0.29, 0.717) is 11.5 Å². The summed E-state index contributed by atoms with van der Waals surface area (Å²) >= 11 is 0. The molecular weight excluding hydrogens is 252 g/mol. The van der Waals surface area contributed by atoms with Crippen LogP contribution in [-0.2, 0) is 0 Å². The molecule has 1 aromatic rings. The van der Waals surface area contributed by atoms with E-state index in [9.17, 15) is 8.78 Å². The Balaban J connectivity index is 1.88. The van der Waals surface area contributed by atoms with Crippen molar-refractivity contribution in [3.05, 3.63) is 23.8 Å². The fourth-order valence-corrected chi connectivity index (χ4v) is 3.00. The number of hydrogen-bond donors (Lipinski definition) is 1. The van der Waals surface area contributed by atoms with Gasteiger partial charge in [0.1, 0.15) is 0 Å². The Morgan fingerprint density at radius 1 is 1.16 bits per heavy atom. The second-order valence-corrected chi connectivity index (χ2v) is 5.27. The van der Waals surface area contributed by atoms with Gasteiger partial charge in [0.05, 0.1) is 0 Å². The molecule has 19 heavy (non-hydrogen) atoms. The van der Waals surface area contributed by atoms with E-state index in [0.717, 1.165) is 25.7 Å². The molecule has 2 aliphatic rings. The number of benzene rings is 1. The summed E-state index contributed by atoms with van der Waals surface area (Å²) in [7, 11) is 0. The molecule has 0 unspecified atom stereocenters. The Kier molecular flexibility index (Phi) is 3.09. The first-order valence-corrected chi connectivity index (χ1v) is 6.71. The lowest BCUT2D eigenvalue weighted by Gasteiger charge is -2.28. The van der Waals surface area contributed by atoms with Crippen LogP contribution in [-0.4, -0.2) is 6.29 Å². The van der Waals surface area contributed by atoms with E-state index in [1.165, 1.54) is 12.5 Å². The number of fused-ring (bicyclic) bond motifs is 1. The van der Waals surface area contributed by atoms with Crippen molar-refractivity contribution >= 4 is 0 Å². The summed E-state index contributed by atoms with van der Waals surface area (Å²) in [5, 5.41) is 0. The predicted molar refractivity (Wildman–Crippen MR) is 66.1 cm³/mol. The summed E-state index contributed by atoms with van der Waals surface area (Å²) in [6.07, 6.45) is 2.05. The smallest absolute Gasteiger partial charge is 0.395 e. The Labute approximate surface area is 110 Å². The van der Waals surface area contributed by atoms with E-state index in [1.54, 1.807) is 12.1 Å². The van der Waals surface area contributed by atoms with E-state index in [-0.39, 0.29) is 17.5 Å². The molecule has 1 saturated carbocycles. The third-order valence-corrected chi connectivity index (χ3v) is 3.98. The molecule has 1 aliphatic carbocycles. The number of hydrogen-bond acceptors (Lipinski definition) is 3. The van der Waals surface area contributed by atoms with E-state index >= 15 is 0 Å². The van der Waals surface area contributed by atoms with Crippen LogP contribution in [0.15, 0.2) is 18.2 Å². The molecule has 1 aliphatic heterocycles. The van der Waals surface area contributed by atoms with Crippen molar-refractivity contribution in [2.24, 2.45) is 11.7 Å². The average Bonchev–Trinajstić information content (AvgIpc) is 2.72. The molecule has 1 aromatic carbocycles. The predicted octanol–water partition coefficient (Wildman–Crippen LogP) is 3.59. The Morgan fingerprint density at radius 2 is 1.89 bits per heavy atom. The average molecular weight is 269 g/mol. The molecule has 3 rings (SSSR count). The van der Waals surface area contributed by atoms with Gasteiger partial charge in [-0.15, -0.1) is 8.78 Å². The summed E-state index contributed by atoms with van der Waals surface area (Å²) < 4.78 is 35.3. The minimum absolute atomic E-state index is 0.0776. The van der Waals surface area contributed by atoms with Gasteiger partial charge in [0, 0.05) is 11.6 Å². The molecule has 0 amide bonds. The third-order valence-electron chi connectivity index (χ3n) is 3.98. The lowest BCUT2D eigenvalue weighted by atomic mass is 9.81. The topological polar surface area (TPSA) is 44.5 Å². The molecule has 1 fully saturated rings. The van der Waals surface area contributed by atoms with Crippen LogP contribution in [0.3, 0.4) is 0 Å². The summed E-state index contributed by atoms with van der Waals surface area (Å²) in [5.74, 6) is 0.511. The van der Waals surface area contributed by atoms with Crippen molar-refractivity contribution in [2.45, 2.75) is 44.4 Å². The van der Waals surface area contributed by atoms with Gasteiger partial charge in [-0.3, -0.25) is 0 Å². The second-order valence-electron chi connectivity index (χ2n) is 5.27. The van der Waals surface area contributed by atoms with Crippen LogP contribution in [0.4, 0.5) is 8.78 Å². The lowest BCUT2D eigenvalue weighted by molar-refractivity contribution is -0.287. The summed E-state index contributed by atoms with van der Waals surface area (Å²) in [5.41, 5.74) is 6.88. The molecule has 3 nitrogen and oxygen atoms in total. The first-order valence-electron chi connectivity index (χ1n) is 6.71. The van der Waals surface area contributed by atoms with Crippen LogP contribution in [0.5, 0.6) is 11.5 Å². The summed E-state index contributed by atoms with van der Waals surface area (Å²) in [4.78, 5) is 0. The van der Waals surface area contributed by atoms with Gasteiger partial charge >= 0.3 is 6.29 Å². The Bertz CT molecular complexity index is 473. The monoisotopic (exact) mass is 269 g/mol. The maximum atomic E-state index is 13.1. The third kappa shape index (κ3) is 2.39. The molecule has 0 saturated heterocycles. The van der Waals surface area contributed by atoms with Crippen LogP contribution in [0.2, 0.25) is 0 Å². The molecule has 1 atom stereocenters. The van der Waals surface area contributed by atoms with Crippen LogP contribution in [0, 0.1) is 5.92 Å². The van der Waals surface area contributed by atoms with Gasteiger partial charge in [0.15, 0.2) is 11.5 Å². The second kappa shape index (κ2) is 4.63. The standard InChI is InChI=1S/C14H17F2NO2/c15-14(16)18-11-8-4-7-10(13(11)19-14)12(17)9-5-2-1-3-6-9/h4,7-9,12H,1-3,5-6,17H2/t12-/m0/s1. The molecule has 0 radical (unpaired) electrons.